The first-order chi connectivity index (χ1) is 8.70. The summed E-state index contributed by atoms with van der Waals surface area (Å²) >= 11 is 0. The highest BCUT2D eigenvalue weighted by Gasteiger charge is 2.16. The van der Waals surface area contributed by atoms with E-state index in [0.717, 1.165) is 18.5 Å². The maximum absolute atomic E-state index is 10.3. The maximum atomic E-state index is 10.3. The SMILES string of the molecule is CCc1ccc(C(O)C(C)Cn2ccnc2)cc1. The van der Waals surface area contributed by atoms with Crippen molar-refractivity contribution in [1.29, 1.82) is 0 Å². The van der Waals surface area contributed by atoms with E-state index in [1.165, 1.54) is 5.56 Å². The average molecular weight is 244 g/mol. The number of aliphatic hydroxyl groups excluding tert-OH is 1. The van der Waals surface area contributed by atoms with Gasteiger partial charge in [0.1, 0.15) is 0 Å². The van der Waals surface area contributed by atoms with Gasteiger partial charge in [-0.05, 0) is 17.5 Å². The molecule has 0 spiro atoms. The lowest BCUT2D eigenvalue weighted by atomic mass is 9.96. The fourth-order valence-corrected chi connectivity index (χ4v) is 2.11. The Balaban J connectivity index is 2.02. The molecule has 0 aliphatic heterocycles. The van der Waals surface area contributed by atoms with E-state index in [9.17, 15) is 5.11 Å². The number of imidazole rings is 1. The number of hydrogen-bond donors (Lipinski definition) is 1. The van der Waals surface area contributed by atoms with Crippen molar-refractivity contribution in [3.05, 3.63) is 54.1 Å². The Morgan fingerprint density at radius 1 is 1.28 bits per heavy atom. The normalized spacial score (nSPS) is 14.4. The summed E-state index contributed by atoms with van der Waals surface area (Å²) in [5.74, 6) is 0.159. The molecule has 2 aromatic rings. The lowest BCUT2D eigenvalue weighted by Gasteiger charge is -2.19. The van der Waals surface area contributed by atoms with Crippen LogP contribution in [0.25, 0.3) is 0 Å². The minimum absolute atomic E-state index is 0.159. The first-order valence-electron chi connectivity index (χ1n) is 6.43. The third-order valence-electron chi connectivity index (χ3n) is 3.33. The van der Waals surface area contributed by atoms with Crippen LogP contribution in [0.2, 0.25) is 0 Å². The van der Waals surface area contributed by atoms with Crippen LogP contribution in [-0.4, -0.2) is 14.7 Å². The first-order valence-corrected chi connectivity index (χ1v) is 6.43. The molecule has 2 unspecified atom stereocenters. The molecule has 0 fully saturated rings. The van der Waals surface area contributed by atoms with E-state index in [1.807, 2.05) is 22.9 Å². The van der Waals surface area contributed by atoms with Crippen LogP contribution in [0.3, 0.4) is 0 Å². The molecule has 18 heavy (non-hydrogen) atoms. The van der Waals surface area contributed by atoms with Gasteiger partial charge < -0.3 is 9.67 Å². The van der Waals surface area contributed by atoms with E-state index >= 15 is 0 Å². The molecule has 0 radical (unpaired) electrons. The topological polar surface area (TPSA) is 38.0 Å². The molecule has 0 saturated carbocycles. The number of nitrogens with zero attached hydrogens (tertiary/aromatic N) is 2. The van der Waals surface area contributed by atoms with Gasteiger partial charge in [-0.1, -0.05) is 38.1 Å². The van der Waals surface area contributed by atoms with Crippen LogP contribution in [0, 0.1) is 5.92 Å². The van der Waals surface area contributed by atoms with Crippen molar-refractivity contribution >= 4 is 0 Å². The summed E-state index contributed by atoms with van der Waals surface area (Å²) < 4.78 is 1.99. The Labute approximate surface area is 108 Å². The monoisotopic (exact) mass is 244 g/mol. The summed E-state index contributed by atoms with van der Waals surface area (Å²) in [6, 6.07) is 8.22. The molecule has 1 aromatic heterocycles. The van der Waals surface area contributed by atoms with Crippen LogP contribution in [0.1, 0.15) is 31.1 Å². The van der Waals surface area contributed by atoms with E-state index in [4.69, 9.17) is 0 Å². The predicted molar refractivity (Wildman–Crippen MR) is 72.2 cm³/mol. The van der Waals surface area contributed by atoms with Crippen LogP contribution in [-0.2, 0) is 13.0 Å². The van der Waals surface area contributed by atoms with E-state index in [2.05, 4.69) is 31.0 Å². The summed E-state index contributed by atoms with van der Waals surface area (Å²) in [6.07, 6.45) is 6.06. The van der Waals surface area contributed by atoms with Gasteiger partial charge in [0.15, 0.2) is 0 Å². The summed E-state index contributed by atoms with van der Waals surface area (Å²) in [5, 5.41) is 10.3. The predicted octanol–water partition coefficient (Wildman–Crippen LogP) is 2.82. The maximum Gasteiger partial charge on any atom is 0.0946 e. The van der Waals surface area contributed by atoms with Crippen molar-refractivity contribution in [3.63, 3.8) is 0 Å². The molecule has 0 aliphatic carbocycles. The zero-order chi connectivity index (χ0) is 13.0. The van der Waals surface area contributed by atoms with E-state index in [1.54, 1.807) is 12.5 Å². The van der Waals surface area contributed by atoms with Crippen molar-refractivity contribution < 1.29 is 5.11 Å². The van der Waals surface area contributed by atoms with E-state index in [-0.39, 0.29) is 5.92 Å². The van der Waals surface area contributed by atoms with Crippen LogP contribution in [0.15, 0.2) is 43.0 Å². The Morgan fingerprint density at radius 3 is 2.56 bits per heavy atom. The molecule has 2 atom stereocenters. The molecule has 0 saturated heterocycles. The van der Waals surface area contributed by atoms with E-state index in [0.29, 0.717) is 0 Å². The van der Waals surface area contributed by atoms with Crippen molar-refractivity contribution in [2.24, 2.45) is 5.92 Å². The lowest BCUT2D eigenvalue weighted by Crippen LogP contribution is -2.15. The number of aryl methyl sites for hydroxylation is 1. The molecule has 3 nitrogen and oxygen atoms in total. The Hall–Kier alpha value is -1.61. The fourth-order valence-electron chi connectivity index (χ4n) is 2.11. The Bertz CT molecular complexity index is 462. The fraction of sp³-hybridized carbons (Fsp3) is 0.400. The minimum atomic E-state index is -0.432. The third-order valence-corrected chi connectivity index (χ3v) is 3.33. The lowest BCUT2D eigenvalue weighted by molar-refractivity contribution is 0.107. The molecule has 0 aliphatic rings. The largest absolute Gasteiger partial charge is 0.388 e. The average Bonchev–Trinajstić information content (AvgIpc) is 2.91. The summed E-state index contributed by atoms with van der Waals surface area (Å²) in [4.78, 5) is 4.01. The number of rotatable bonds is 5. The smallest absolute Gasteiger partial charge is 0.0946 e. The Kier molecular flexibility index (Phi) is 4.15. The van der Waals surface area contributed by atoms with E-state index < -0.39 is 6.10 Å². The van der Waals surface area contributed by atoms with Crippen molar-refractivity contribution in [2.75, 3.05) is 0 Å². The second kappa shape index (κ2) is 5.83. The van der Waals surface area contributed by atoms with Crippen molar-refractivity contribution in [1.82, 2.24) is 9.55 Å². The highest BCUT2D eigenvalue weighted by molar-refractivity contribution is 5.24. The molecule has 3 heteroatoms. The zero-order valence-electron chi connectivity index (χ0n) is 11.0. The van der Waals surface area contributed by atoms with Gasteiger partial charge in [0.2, 0.25) is 0 Å². The molecule has 1 aromatic carbocycles. The zero-order valence-corrected chi connectivity index (χ0v) is 11.0. The van der Waals surface area contributed by atoms with Crippen molar-refractivity contribution in [2.45, 2.75) is 32.9 Å². The van der Waals surface area contributed by atoms with Crippen LogP contribution < -0.4 is 0 Å². The second-order valence-corrected chi connectivity index (χ2v) is 4.78. The number of aromatic nitrogens is 2. The highest BCUT2D eigenvalue weighted by Crippen LogP contribution is 2.23. The molecule has 1 N–H and O–H groups in total. The van der Waals surface area contributed by atoms with Crippen LogP contribution in [0.5, 0.6) is 0 Å². The Morgan fingerprint density at radius 2 is 2.00 bits per heavy atom. The van der Waals surface area contributed by atoms with Gasteiger partial charge in [-0.3, -0.25) is 0 Å². The molecule has 2 rings (SSSR count). The number of aliphatic hydroxyl groups is 1. The van der Waals surface area contributed by atoms with Gasteiger partial charge in [-0.2, -0.15) is 0 Å². The standard InChI is InChI=1S/C15H20N2O/c1-3-13-4-6-14(7-5-13)15(18)12(2)10-17-9-8-16-11-17/h4-9,11-12,15,18H,3,10H2,1-2H3. The summed E-state index contributed by atoms with van der Waals surface area (Å²) in [6.45, 7) is 4.96. The second-order valence-electron chi connectivity index (χ2n) is 4.78. The number of hydrogen-bond acceptors (Lipinski definition) is 2. The van der Waals surface area contributed by atoms with Gasteiger partial charge in [-0.15, -0.1) is 0 Å². The third kappa shape index (κ3) is 2.99. The molecule has 1 heterocycles. The van der Waals surface area contributed by atoms with Gasteiger partial charge in [-0.25, -0.2) is 4.98 Å². The highest BCUT2D eigenvalue weighted by atomic mass is 16.3. The van der Waals surface area contributed by atoms with Crippen molar-refractivity contribution in [3.8, 4) is 0 Å². The summed E-state index contributed by atoms with van der Waals surface area (Å²) in [7, 11) is 0. The first kappa shape index (κ1) is 12.8. The number of benzene rings is 1. The van der Waals surface area contributed by atoms with Gasteiger partial charge in [0, 0.05) is 24.9 Å². The molecular weight excluding hydrogens is 224 g/mol. The van der Waals surface area contributed by atoms with Gasteiger partial charge in [0.05, 0.1) is 12.4 Å². The molecule has 0 bridgehead atoms. The van der Waals surface area contributed by atoms with Crippen LogP contribution in [0.4, 0.5) is 0 Å². The molecule has 0 amide bonds. The molecular formula is C15H20N2O. The summed E-state index contributed by atoms with van der Waals surface area (Å²) in [5.41, 5.74) is 2.29. The van der Waals surface area contributed by atoms with Gasteiger partial charge >= 0.3 is 0 Å². The van der Waals surface area contributed by atoms with Gasteiger partial charge in [0.25, 0.3) is 0 Å². The quantitative estimate of drug-likeness (QED) is 0.878. The minimum Gasteiger partial charge on any atom is -0.388 e. The molecule has 96 valence electrons. The van der Waals surface area contributed by atoms with Crippen LogP contribution >= 0.6 is 0 Å².